The van der Waals surface area contributed by atoms with Gasteiger partial charge in [0.2, 0.25) is 0 Å². The van der Waals surface area contributed by atoms with Crippen molar-refractivity contribution in [3.8, 4) is 0 Å². The number of carboxylic acids is 1. The van der Waals surface area contributed by atoms with Gasteiger partial charge in [-0.25, -0.2) is 9.59 Å². The van der Waals surface area contributed by atoms with Gasteiger partial charge in [-0.15, -0.1) is 0 Å². The number of rotatable bonds is 11. The van der Waals surface area contributed by atoms with E-state index in [0.717, 1.165) is 24.8 Å². The maximum atomic E-state index is 11.5. The van der Waals surface area contributed by atoms with Crippen LogP contribution in [0.3, 0.4) is 0 Å². The van der Waals surface area contributed by atoms with Crippen molar-refractivity contribution in [3.05, 3.63) is 35.9 Å². The lowest BCUT2D eigenvalue weighted by atomic mass is 10.2. The van der Waals surface area contributed by atoms with Crippen LogP contribution in [-0.2, 0) is 16.1 Å². The molecule has 25 heavy (non-hydrogen) atoms. The first kappa shape index (κ1) is 20.3. The monoisotopic (exact) mass is 351 g/mol. The Kier molecular flexibility index (Phi) is 10.2. The Labute approximate surface area is 146 Å². The van der Waals surface area contributed by atoms with Crippen molar-refractivity contribution in [1.29, 1.82) is 0 Å². The second-order valence-electron chi connectivity index (χ2n) is 5.38. The van der Waals surface area contributed by atoms with E-state index in [4.69, 9.17) is 9.84 Å². The Morgan fingerprint density at radius 2 is 1.52 bits per heavy atom. The SMILES string of the molecule is O=C(O)CCNC(=O)NCCCCCNC(=O)OCc1ccccc1. The van der Waals surface area contributed by atoms with Gasteiger partial charge in [-0.2, -0.15) is 0 Å². The third-order valence-electron chi connectivity index (χ3n) is 3.25. The van der Waals surface area contributed by atoms with Gasteiger partial charge >= 0.3 is 18.1 Å². The zero-order valence-electron chi connectivity index (χ0n) is 14.1. The molecule has 0 aromatic heterocycles. The maximum Gasteiger partial charge on any atom is 0.407 e. The van der Waals surface area contributed by atoms with E-state index in [1.165, 1.54) is 0 Å². The first-order valence-corrected chi connectivity index (χ1v) is 8.26. The van der Waals surface area contributed by atoms with Crippen LogP contribution in [0.5, 0.6) is 0 Å². The molecule has 0 fully saturated rings. The molecule has 0 aliphatic heterocycles. The van der Waals surface area contributed by atoms with Gasteiger partial charge in [0.15, 0.2) is 0 Å². The number of nitrogens with one attached hydrogen (secondary N) is 3. The van der Waals surface area contributed by atoms with Crippen LogP contribution in [0.4, 0.5) is 9.59 Å². The fraction of sp³-hybridized carbons (Fsp3) is 0.471. The smallest absolute Gasteiger partial charge is 0.407 e. The van der Waals surface area contributed by atoms with Gasteiger partial charge in [-0.3, -0.25) is 4.79 Å². The first-order chi connectivity index (χ1) is 12.1. The molecule has 1 aromatic rings. The summed E-state index contributed by atoms with van der Waals surface area (Å²) in [5, 5.41) is 16.2. The van der Waals surface area contributed by atoms with Crippen molar-refractivity contribution in [1.82, 2.24) is 16.0 Å². The molecular formula is C17H25N3O5. The fourth-order valence-corrected chi connectivity index (χ4v) is 1.94. The van der Waals surface area contributed by atoms with Gasteiger partial charge in [-0.05, 0) is 24.8 Å². The third-order valence-corrected chi connectivity index (χ3v) is 3.25. The van der Waals surface area contributed by atoms with E-state index in [0.29, 0.717) is 13.1 Å². The number of unbranched alkanes of at least 4 members (excludes halogenated alkanes) is 2. The average molecular weight is 351 g/mol. The summed E-state index contributed by atoms with van der Waals surface area (Å²) in [5.41, 5.74) is 0.936. The summed E-state index contributed by atoms with van der Waals surface area (Å²) in [6, 6.07) is 9.08. The molecule has 0 radical (unpaired) electrons. The van der Waals surface area contributed by atoms with Crippen LogP contribution in [0, 0.1) is 0 Å². The molecule has 0 saturated heterocycles. The highest BCUT2D eigenvalue weighted by Gasteiger charge is 2.03. The Morgan fingerprint density at radius 3 is 2.20 bits per heavy atom. The van der Waals surface area contributed by atoms with Crippen molar-refractivity contribution in [2.24, 2.45) is 0 Å². The van der Waals surface area contributed by atoms with Crippen LogP contribution >= 0.6 is 0 Å². The molecule has 1 aromatic carbocycles. The number of hydrogen-bond acceptors (Lipinski definition) is 4. The summed E-state index contributed by atoms with van der Waals surface area (Å²) in [5.74, 6) is -0.949. The normalized spacial score (nSPS) is 9.92. The topological polar surface area (TPSA) is 117 Å². The van der Waals surface area contributed by atoms with Gasteiger partial charge in [0.25, 0.3) is 0 Å². The Morgan fingerprint density at radius 1 is 0.880 bits per heavy atom. The van der Waals surface area contributed by atoms with E-state index >= 15 is 0 Å². The summed E-state index contributed by atoms with van der Waals surface area (Å²) in [4.78, 5) is 33.1. The summed E-state index contributed by atoms with van der Waals surface area (Å²) < 4.78 is 5.08. The van der Waals surface area contributed by atoms with E-state index in [1.807, 2.05) is 30.3 Å². The lowest BCUT2D eigenvalue weighted by Gasteiger charge is -2.08. The van der Waals surface area contributed by atoms with E-state index in [2.05, 4.69) is 16.0 Å². The van der Waals surface area contributed by atoms with Crippen LogP contribution in [0.2, 0.25) is 0 Å². The number of hydrogen-bond donors (Lipinski definition) is 4. The minimum absolute atomic E-state index is 0.0978. The van der Waals surface area contributed by atoms with Crippen molar-refractivity contribution in [3.63, 3.8) is 0 Å². The van der Waals surface area contributed by atoms with Crippen LogP contribution in [0.25, 0.3) is 0 Å². The predicted octanol–water partition coefficient (Wildman–Crippen LogP) is 1.86. The minimum atomic E-state index is -0.949. The van der Waals surface area contributed by atoms with E-state index in [-0.39, 0.29) is 25.6 Å². The van der Waals surface area contributed by atoms with Gasteiger partial charge in [0, 0.05) is 19.6 Å². The Balaban J connectivity index is 1.91. The molecule has 0 spiro atoms. The molecule has 8 nitrogen and oxygen atoms in total. The Bertz CT molecular complexity index is 536. The van der Waals surface area contributed by atoms with Crippen molar-refractivity contribution >= 4 is 18.1 Å². The van der Waals surface area contributed by atoms with E-state index in [1.54, 1.807) is 0 Å². The molecule has 0 bridgehead atoms. The number of ether oxygens (including phenoxy) is 1. The first-order valence-electron chi connectivity index (χ1n) is 8.26. The number of carboxylic acid groups (broad SMARTS) is 1. The number of urea groups is 1. The predicted molar refractivity (Wildman–Crippen MR) is 92.1 cm³/mol. The maximum absolute atomic E-state index is 11.5. The lowest BCUT2D eigenvalue weighted by molar-refractivity contribution is -0.136. The molecule has 0 unspecified atom stereocenters. The van der Waals surface area contributed by atoms with Crippen LogP contribution < -0.4 is 16.0 Å². The number of alkyl carbamates (subject to hydrolysis) is 1. The molecule has 0 atom stereocenters. The highest BCUT2D eigenvalue weighted by atomic mass is 16.5. The van der Waals surface area contributed by atoms with Crippen LogP contribution in [-0.4, -0.2) is 42.8 Å². The molecule has 1 rings (SSSR count). The number of carbonyl (C=O) groups is 3. The number of amides is 3. The summed E-state index contributed by atoms with van der Waals surface area (Å²) in [7, 11) is 0. The second kappa shape index (κ2) is 12.6. The number of aliphatic carboxylic acids is 1. The van der Waals surface area contributed by atoms with Crippen molar-refractivity contribution in [2.75, 3.05) is 19.6 Å². The zero-order valence-corrected chi connectivity index (χ0v) is 14.1. The number of benzene rings is 1. The van der Waals surface area contributed by atoms with Gasteiger partial charge in [0.1, 0.15) is 6.61 Å². The molecule has 0 aliphatic carbocycles. The summed E-state index contributed by atoms with van der Waals surface area (Å²) in [6.45, 7) is 1.36. The molecule has 3 amide bonds. The standard InChI is InChI=1S/C17H25N3O5/c21-15(22)9-12-19-16(23)18-10-5-2-6-11-20-17(24)25-13-14-7-3-1-4-8-14/h1,3-4,7-8H,2,5-6,9-13H2,(H,20,24)(H,21,22)(H2,18,19,23). The molecular weight excluding hydrogens is 326 g/mol. The Hall–Kier alpha value is -2.77. The highest BCUT2D eigenvalue weighted by molar-refractivity contribution is 5.74. The number of carbonyl (C=O) groups excluding carboxylic acids is 2. The molecule has 8 heteroatoms. The van der Waals surface area contributed by atoms with Gasteiger partial charge in [0.05, 0.1) is 6.42 Å². The van der Waals surface area contributed by atoms with Crippen molar-refractivity contribution < 1.29 is 24.2 Å². The van der Waals surface area contributed by atoms with Crippen LogP contribution in [0.1, 0.15) is 31.2 Å². The molecule has 138 valence electrons. The van der Waals surface area contributed by atoms with Crippen LogP contribution in [0.15, 0.2) is 30.3 Å². The quantitative estimate of drug-likeness (QED) is 0.454. The molecule has 0 aliphatic rings. The summed E-state index contributed by atoms with van der Waals surface area (Å²) >= 11 is 0. The largest absolute Gasteiger partial charge is 0.481 e. The minimum Gasteiger partial charge on any atom is -0.481 e. The molecule has 0 heterocycles. The zero-order chi connectivity index (χ0) is 18.3. The van der Waals surface area contributed by atoms with Crippen molar-refractivity contribution in [2.45, 2.75) is 32.3 Å². The lowest BCUT2D eigenvalue weighted by Crippen LogP contribution is -2.37. The molecule has 4 N–H and O–H groups in total. The average Bonchev–Trinajstić information content (AvgIpc) is 2.59. The second-order valence-corrected chi connectivity index (χ2v) is 5.38. The van der Waals surface area contributed by atoms with Gasteiger partial charge < -0.3 is 25.8 Å². The fourth-order valence-electron chi connectivity index (χ4n) is 1.94. The third kappa shape index (κ3) is 11.4. The van der Waals surface area contributed by atoms with E-state index in [9.17, 15) is 14.4 Å². The highest BCUT2D eigenvalue weighted by Crippen LogP contribution is 2.00. The summed E-state index contributed by atoms with van der Waals surface area (Å²) in [6.07, 6.45) is 1.85. The van der Waals surface area contributed by atoms with Gasteiger partial charge in [-0.1, -0.05) is 30.3 Å². The molecule has 0 saturated carbocycles. The van der Waals surface area contributed by atoms with E-state index < -0.39 is 12.1 Å².